The molecule has 2 aromatic rings. The highest BCUT2D eigenvalue weighted by atomic mass is 32.2. The van der Waals surface area contributed by atoms with Crippen molar-refractivity contribution in [2.75, 3.05) is 5.73 Å². The van der Waals surface area contributed by atoms with Gasteiger partial charge in [0.15, 0.2) is 0 Å². The summed E-state index contributed by atoms with van der Waals surface area (Å²) in [6, 6.07) is 13.6. The second-order valence-corrected chi connectivity index (χ2v) is 8.61. The van der Waals surface area contributed by atoms with Crippen molar-refractivity contribution in [1.82, 2.24) is 10.0 Å². The number of carbonyl (C=O) groups is 2. The van der Waals surface area contributed by atoms with Crippen LogP contribution in [0, 0.1) is 5.92 Å². The maximum absolute atomic E-state index is 12.6. The molecule has 0 aliphatic heterocycles. The normalized spacial score (nSPS) is 12.2. The Labute approximate surface area is 170 Å². The zero-order valence-corrected chi connectivity index (χ0v) is 17.1. The van der Waals surface area contributed by atoms with E-state index in [-0.39, 0.29) is 29.5 Å². The number of anilines is 1. The standard InChI is InChI=1S/C20H25N3O5S/c1-14(2)11-18(22-20(25)28-13-15-7-4-3-5-8-15)19(24)23-29(26,27)17-10-6-9-16(21)12-17/h3-10,12,14,18H,11,13,21H2,1-2H3,(H,22,25)(H,23,24)/t18-/m0/s1. The van der Waals surface area contributed by atoms with E-state index in [1.54, 1.807) is 12.1 Å². The Morgan fingerprint density at radius 2 is 1.76 bits per heavy atom. The van der Waals surface area contributed by atoms with Crippen molar-refractivity contribution >= 4 is 27.7 Å². The van der Waals surface area contributed by atoms with Gasteiger partial charge in [0.05, 0.1) is 4.90 Å². The lowest BCUT2D eigenvalue weighted by Gasteiger charge is -2.20. The Hall–Kier alpha value is -3.07. The van der Waals surface area contributed by atoms with E-state index in [1.807, 2.05) is 36.8 Å². The number of amides is 2. The number of sulfonamides is 1. The first-order chi connectivity index (χ1) is 13.7. The highest BCUT2D eigenvalue weighted by molar-refractivity contribution is 7.90. The van der Waals surface area contributed by atoms with Crippen LogP contribution >= 0.6 is 0 Å². The van der Waals surface area contributed by atoms with Crippen molar-refractivity contribution in [2.24, 2.45) is 5.92 Å². The zero-order chi connectivity index (χ0) is 21.4. The van der Waals surface area contributed by atoms with Crippen LogP contribution in [0.25, 0.3) is 0 Å². The van der Waals surface area contributed by atoms with Gasteiger partial charge in [-0.15, -0.1) is 0 Å². The summed E-state index contributed by atoms with van der Waals surface area (Å²) in [6.45, 7) is 3.73. The van der Waals surface area contributed by atoms with Gasteiger partial charge in [-0.3, -0.25) is 4.79 Å². The minimum atomic E-state index is -4.13. The lowest BCUT2D eigenvalue weighted by Crippen LogP contribution is -2.49. The number of rotatable bonds is 8. The third-order valence-corrected chi connectivity index (χ3v) is 5.28. The van der Waals surface area contributed by atoms with Gasteiger partial charge in [-0.2, -0.15) is 0 Å². The Morgan fingerprint density at radius 3 is 2.38 bits per heavy atom. The third kappa shape index (κ3) is 7.11. The Morgan fingerprint density at radius 1 is 1.07 bits per heavy atom. The highest BCUT2D eigenvalue weighted by Gasteiger charge is 2.27. The fourth-order valence-electron chi connectivity index (χ4n) is 2.55. The zero-order valence-electron chi connectivity index (χ0n) is 16.3. The molecule has 0 fully saturated rings. The molecule has 0 aliphatic rings. The lowest BCUT2D eigenvalue weighted by atomic mass is 10.0. The summed E-state index contributed by atoms with van der Waals surface area (Å²) >= 11 is 0. The summed E-state index contributed by atoms with van der Waals surface area (Å²) in [6.07, 6.45) is -0.574. The first kappa shape index (κ1) is 22.2. The number of nitrogens with two attached hydrogens (primary N) is 1. The average Bonchev–Trinajstić information content (AvgIpc) is 2.66. The molecular formula is C20H25N3O5S. The van der Waals surface area contributed by atoms with Gasteiger partial charge in [0.1, 0.15) is 12.6 Å². The van der Waals surface area contributed by atoms with Crippen LogP contribution in [0.5, 0.6) is 0 Å². The molecular weight excluding hydrogens is 394 g/mol. The average molecular weight is 420 g/mol. The van der Waals surface area contributed by atoms with Gasteiger partial charge in [0.25, 0.3) is 15.9 Å². The van der Waals surface area contributed by atoms with E-state index in [4.69, 9.17) is 10.5 Å². The number of nitrogens with one attached hydrogen (secondary N) is 2. The van der Waals surface area contributed by atoms with Crippen LogP contribution in [0.2, 0.25) is 0 Å². The number of hydrogen-bond acceptors (Lipinski definition) is 6. The number of nitrogen functional groups attached to an aromatic ring is 1. The van der Waals surface area contributed by atoms with Gasteiger partial charge in [0, 0.05) is 5.69 Å². The molecule has 2 amide bonds. The van der Waals surface area contributed by atoms with E-state index < -0.39 is 28.1 Å². The maximum Gasteiger partial charge on any atom is 0.408 e. The summed E-state index contributed by atoms with van der Waals surface area (Å²) in [5.41, 5.74) is 6.65. The van der Waals surface area contributed by atoms with Crippen molar-refractivity contribution in [1.29, 1.82) is 0 Å². The van der Waals surface area contributed by atoms with Gasteiger partial charge < -0.3 is 15.8 Å². The second kappa shape index (κ2) is 9.92. The van der Waals surface area contributed by atoms with Gasteiger partial charge in [-0.05, 0) is 36.1 Å². The van der Waals surface area contributed by atoms with Crippen LogP contribution in [0.15, 0.2) is 59.5 Å². The highest BCUT2D eigenvalue weighted by Crippen LogP contribution is 2.14. The number of ether oxygens (including phenoxy) is 1. The van der Waals surface area contributed by atoms with Crippen molar-refractivity contribution in [2.45, 2.75) is 37.8 Å². The van der Waals surface area contributed by atoms with Gasteiger partial charge in [0.2, 0.25) is 0 Å². The molecule has 0 saturated carbocycles. The van der Waals surface area contributed by atoms with E-state index in [0.717, 1.165) is 5.56 Å². The summed E-state index contributed by atoms with van der Waals surface area (Å²) < 4.78 is 32.0. The Balaban J connectivity index is 2.04. The molecule has 0 saturated heterocycles. The molecule has 0 radical (unpaired) electrons. The minimum absolute atomic E-state index is 0.0234. The Bertz CT molecular complexity index is 946. The van der Waals surface area contributed by atoms with E-state index >= 15 is 0 Å². The molecule has 29 heavy (non-hydrogen) atoms. The minimum Gasteiger partial charge on any atom is -0.445 e. The smallest absolute Gasteiger partial charge is 0.408 e. The molecule has 156 valence electrons. The van der Waals surface area contributed by atoms with Crippen LogP contribution in [0.1, 0.15) is 25.8 Å². The van der Waals surface area contributed by atoms with Crippen molar-refractivity contribution < 1.29 is 22.7 Å². The summed E-state index contributed by atoms with van der Waals surface area (Å²) in [7, 11) is -4.13. The van der Waals surface area contributed by atoms with Crippen molar-refractivity contribution in [3.8, 4) is 0 Å². The predicted molar refractivity (Wildman–Crippen MR) is 109 cm³/mol. The molecule has 4 N–H and O–H groups in total. The largest absolute Gasteiger partial charge is 0.445 e. The van der Waals surface area contributed by atoms with Crippen molar-refractivity contribution in [3.63, 3.8) is 0 Å². The summed E-state index contributed by atoms with van der Waals surface area (Å²) in [5, 5.41) is 2.44. The summed E-state index contributed by atoms with van der Waals surface area (Å²) in [5.74, 6) is -0.826. The van der Waals surface area contributed by atoms with E-state index in [9.17, 15) is 18.0 Å². The number of alkyl carbamates (subject to hydrolysis) is 1. The predicted octanol–water partition coefficient (Wildman–Crippen LogP) is 2.41. The topological polar surface area (TPSA) is 128 Å². The van der Waals surface area contributed by atoms with Crippen LogP contribution in [-0.4, -0.2) is 26.5 Å². The molecule has 0 spiro atoms. The third-order valence-electron chi connectivity index (χ3n) is 3.93. The first-order valence-corrected chi connectivity index (χ1v) is 10.5. The summed E-state index contributed by atoms with van der Waals surface area (Å²) in [4.78, 5) is 24.5. The van der Waals surface area contributed by atoms with Gasteiger partial charge in [-0.1, -0.05) is 50.2 Å². The quantitative estimate of drug-likeness (QED) is 0.564. The molecule has 9 heteroatoms. The number of hydrogen-bond donors (Lipinski definition) is 3. The van der Waals surface area contributed by atoms with Gasteiger partial charge >= 0.3 is 6.09 Å². The van der Waals surface area contributed by atoms with E-state index in [0.29, 0.717) is 0 Å². The van der Waals surface area contributed by atoms with Crippen LogP contribution in [0.4, 0.5) is 10.5 Å². The second-order valence-electron chi connectivity index (χ2n) is 6.93. The fourth-order valence-corrected chi connectivity index (χ4v) is 3.63. The SMILES string of the molecule is CC(C)C[C@H](NC(=O)OCc1ccccc1)C(=O)NS(=O)(=O)c1cccc(N)c1. The molecule has 2 aromatic carbocycles. The Kier molecular flexibility index (Phi) is 7.60. The number of benzene rings is 2. The molecule has 2 rings (SSSR count). The maximum atomic E-state index is 12.6. The van der Waals surface area contributed by atoms with E-state index in [1.165, 1.54) is 24.3 Å². The molecule has 8 nitrogen and oxygen atoms in total. The molecule has 0 aromatic heterocycles. The molecule has 0 unspecified atom stereocenters. The molecule has 1 atom stereocenters. The monoisotopic (exact) mass is 419 g/mol. The number of carbonyl (C=O) groups excluding carboxylic acids is 2. The van der Waals surface area contributed by atoms with Crippen LogP contribution < -0.4 is 15.8 Å². The van der Waals surface area contributed by atoms with Crippen LogP contribution in [-0.2, 0) is 26.2 Å². The first-order valence-electron chi connectivity index (χ1n) is 9.07. The molecule has 0 aliphatic carbocycles. The van der Waals surface area contributed by atoms with E-state index in [2.05, 4.69) is 5.32 Å². The van der Waals surface area contributed by atoms with Gasteiger partial charge in [-0.25, -0.2) is 17.9 Å². The van der Waals surface area contributed by atoms with Crippen molar-refractivity contribution in [3.05, 3.63) is 60.2 Å². The fraction of sp³-hybridized carbons (Fsp3) is 0.300. The lowest BCUT2D eigenvalue weighted by molar-refractivity contribution is -0.121. The van der Waals surface area contributed by atoms with Crippen LogP contribution in [0.3, 0.4) is 0 Å². The molecule has 0 bridgehead atoms. The molecule has 0 heterocycles.